The van der Waals surface area contributed by atoms with Crippen molar-refractivity contribution >= 4 is 22.1 Å². The zero-order valence-electron chi connectivity index (χ0n) is 15.7. The molecule has 1 aliphatic rings. The fraction of sp³-hybridized carbons (Fsp3) is 0.333. The molecule has 0 aliphatic carbocycles. The van der Waals surface area contributed by atoms with Gasteiger partial charge >= 0.3 is 0 Å². The number of H-pyrrole nitrogens is 1. The number of aromatic amines is 1. The lowest BCUT2D eigenvalue weighted by Gasteiger charge is -2.36. The number of nitrogens with one attached hydrogen (secondary N) is 1. The lowest BCUT2D eigenvalue weighted by molar-refractivity contribution is -0.384. The van der Waals surface area contributed by atoms with E-state index in [0.717, 1.165) is 32.2 Å². The predicted octanol–water partition coefficient (Wildman–Crippen LogP) is 4.27. The molecule has 3 aromatic rings. The molecule has 7 nitrogen and oxygen atoms in total. The van der Waals surface area contributed by atoms with Gasteiger partial charge in [-0.1, -0.05) is 31.2 Å². The molecule has 0 bridgehead atoms. The molecule has 1 aliphatic heterocycles. The van der Waals surface area contributed by atoms with E-state index in [9.17, 15) is 14.9 Å². The average Bonchev–Trinajstić information content (AvgIpc) is 2.74. The van der Waals surface area contributed by atoms with Crippen molar-refractivity contribution in [3.63, 3.8) is 0 Å². The minimum absolute atomic E-state index is 0.0786. The Labute approximate surface area is 162 Å². The Hall–Kier alpha value is -3.22. The van der Waals surface area contributed by atoms with E-state index in [1.807, 2.05) is 24.3 Å². The Morgan fingerprint density at radius 1 is 1.21 bits per heavy atom. The number of rotatable bonds is 4. The maximum atomic E-state index is 12.0. The second kappa shape index (κ2) is 7.42. The zero-order chi connectivity index (χ0) is 19.7. The molecule has 7 heteroatoms. The summed E-state index contributed by atoms with van der Waals surface area (Å²) in [5.74, 6) is 0. The number of hydrogen-bond acceptors (Lipinski definition) is 5. The van der Waals surface area contributed by atoms with E-state index < -0.39 is 0 Å². The molecule has 1 atom stereocenters. The van der Waals surface area contributed by atoms with Gasteiger partial charge in [-0.15, -0.1) is 0 Å². The van der Waals surface area contributed by atoms with Crippen molar-refractivity contribution in [1.29, 1.82) is 0 Å². The van der Waals surface area contributed by atoms with Crippen LogP contribution in [0.3, 0.4) is 0 Å². The van der Waals surface area contributed by atoms with Crippen molar-refractivity contribution in [2.45, 2.75) is 38.6 Å². The number of aromatic nitrogens is 2. The summed E-state index contributed by atoms with van der Waals surface area (Å²) in [6, 6.07) is 12.7. The van der Waals surface area contributed by atoms with Gasteiger partial charge in [-0.25, -0.2) is 5.10 Å². The second-order valence-electron chi connectivity index (χ2n) is 7.16. The van der Waals surface area contributed by atoms with Gasteiger partial charge in [0.1, 0.15) is 5.69 Å². The third-order valence-electron chi connectivity index (χ3n) is 5.55. The number of nitro groups is 1. The van der Waals surface area contributed by atoms with Crippen molar-refractivity contribution in [2.75, 3.05) is 11.4 Å². The summed E-state index contributed by atoms with van der Waals surface area (Å²) in [7, 11) is 0. The lowest BCUT2D eigenvalue weighted by atomic mass is 9.97. The summed E-state index contributed by atoms with van der Waals surface area (Å²) in [6.07, 6.45) is 4.22. The summed E-state index contributed by atoms with van der Waals surface area (Å²) in [5.41, 5.74) is 1.62. The van der Waals surface area contributed by atoms with Crippen molar-refractivity contribution in [3.8, 4) is 11.3 Å². The Morgan fingerprint density at radius 3 is 2.75 bits per heavy atom. The number of nitrogens with zero attached hydrogens (tertiary/aromatic N) is 3. The molecule has 0 saturated carbocycles. The summed E-state index contributed by atoms with van der Waals surface area (Å²) in [5, 5.41) is 19.7. The van der Waals surface area contributed by atoms with Crippen LogP contribution in [0.2, 0.25) is 0 Å². The SMILES string of the molecule is CCC1CCCCN1c1ccc(-c2n[nH]c(=O)c3ccccc23)cc1[N+](=O)[O-]. The van der Waals surface area contributed by atoms with Gasteiger partial charge in [0.05, 0.1) is 16.0 Å². The fourth-order valence-corrected chi connectivity index (χ4v) is 4.14. The van der Waals surface area contributed by atoms with E-state index in [0.29, 0.717) is 33.8 Å². The highest BCUT2D eigenvalue weighted by Gasteiger charge is 2.27. The molecule has 144 valence electrons. The van der Waals surface area contributed by atoms with Gasteiger partial charge in [-0.05, 0) is 37.8 Å². The van der Waals surface area contributed by atoms with Crippen molar-refractivity contribution in [2.24, 2.45) is 0 Å². The highest BCUT2D eigenvalue weighted by Crippen LogP contribution is 2.37. The van der Waals surface area contributed by atoms with Crippen molar-refractivity contribution in [3.05, 3.63) is 62.9 Å². The van der Waals surface area contributed by atoms with Gasteiger partial charge in [-0.2, -0.15) is 5.10 Å². The molecule has 1 N–H and O–H groups in total. The average molecular weight is 378 g/mol. The van der Waals surface area contributed by atoms with Crippen LogP contribution in [0, 0.1) is 10.1 Å². The van der Waals surface area contributed by atoms with Gasteiger partial charge in [0.2, 0.25) is 0 Å². The second-order valence-corrected chi connectivity index (χ2v) is 7.16. The van der Waals surface area contributed by atoms with Crippen LogP contribution in [0.25, 0.3) is 22.0 Å². The third-order valence-corrected chi connectivity index (χ3v) is 5.55. The number of nitro benzene ring substituents is 1. The number of hydrogen-bond donors (Lipinski definition) is 1. The summed E-state index contributed by atoms with van der Waals surface area (Å²) >= 11 is 0. The maximum absolute atomic E-state index is 12.0. The fourth-order valence-electron chi connectivity index (χ4n) is 4.14. The van der Waals surface area contributed by atoms with Crippen LogP contribution in [-0.2, 0) is 0 Å². The Morgan fingerprint density at radius 2 is 2.00 bits per heavy atom. The normalized spacial score (nSPS) is 17.0. The van der Waals surface area contributed by atoms with Crippen molar-refractivity contribution < 1.29 is 4.92 Å². The Balaban J connectivity index is 1.85. The first kappa shape index (κ1) is 18.2. The largest absolute Gasteiger partial charge is 0.363 e. The highest BCUT2D eigenvalue weighted by molar-refractivity contribution is 5.94. The van der Waals surface area contributed by atoms with Gasteiger partial charge in [0.25, 0.3) is 11.2 Å². The molecule has 4 rings (SSSR count). The Kier molecular flexibility index (Phi) is 4.81. The number of piperidine rings is 1. The molecular weight excluding hydrogens is 356 g/mol. The van der Waals surface area contributed by atoms with Crippen LogP contribution in [0.15, 0.2) is 47.3 Å². The number of fused-ring (bicyclic) bond motifs is 1. The highest BCUT2D eigenvalue weighted by atomic mass is 16.6. The van der Waals surface area contributed by atoms with Crippen LogP contribution in [0.1, 0.15) is 32.6 Å². The molecule has 1 fully saturated rings. The molecular formula is C21H22N4O3. The van der Waals surface area contributed by atoms with Gasteiger partial charge < -0.3 is 4.90 Å². The molecule has 0 spiro atoms. The third kappa shape index (κ3) is 3.13. The number of anilines is 1. The van der Waals surface area contributed by atoms with E-state index in [-0.39, 0.29) is 16.2 Å². The van der Waals surface area contributed by atoms with Crippen LogP contribution in [0.4, 0.5) is 11.4 Å². The summed E-state index contributed by atoms with van der Waals surface area (Å²) < 4.78 is 0. The molecule has 0 amide bonds. The van der Waals surface area contributed by atoms with E-state index >= 15 is 0 Å². The predicted molar refractivity (Wildman–Crippen MR) is 110 cm³/mol. The van der Waals surface area contributed by atoms with Crippen LogP contribution < -0.4 is 10.5 Å². The van der Waals surface area contributed by atoms with E-state index in [1.165, 1.54) is 0 Å². The number of benzene rings is 2. The zero-order valence-corrected chi connectivity index (χ0v) is 15.7. The monoisotopic (exact) mass is 378 g/mol. The molecule has 2 aromatic carbocycles. The first-order valence-corrected chi connectivity index (χ1v) is 9.63. The smallest absolute Gasteiger partial charge is 0.293 e. The quantitative estimate of drug-likeness (QED) is 0.541. The van der Waals surface area contributed by atoms with Gasteiger partial charge in [0.15, 0.2) is 0 Å². The topological polar surface area (TPSA) is 92.1 Å². The molecule has 28 heavy (non-hydrogen) atoms. The maximum Gasteiger partial charge on any atom is 0.293 e. The molecule has 1 unspecified atom stereocenters. The summed E-state index contributed by atoms with van der Waals surface area (Å²) in [4.78, 5) is 25.7. The molecule has 0 radical (unpaired) electrons. The molecule has 1 aromatic heterocycles. The summed E-state index contributed by atoms with van der Waals surface area (Å²) in [6.45, 7) is 2.96. The van der Waals surface area contributed by atoms with E-state index in [2.05, 4.69) is 22.0 Å². The van der Waals surface area contributed by atoms with Crippen LogP contribution in [0.5, 0.6) is 0 Å². The standard InChI is InChI=1S/C21H22N4O3/c1-2-15-7-5-6-12-24(15)18-11-10-14(13-19(18)25(27)28)20-16-8-3-4-9-17(16)21(26)23-22-20/h3-4,8-11,13,15H,2,5-7,12H2,1H3,(H,23,26). The molecule has 1 saturated heterocycles. The van der Waals surface area contributed by atoms with Gasteiger partial charge in [-0.3, -0.25) is 14.9 Å². The first-order chi connectivity index (χ1) is 13.6. The van der Waals surface area contributed by atoms with Gasteiger partial charge in [0, 0.05) is 29.6 Å². The van der Waals surface area contributed by atoms with Crippen molar-refractivity contribution in [1.82, 2.24) is 10.2 Å². The van der Waals surface area contributed by atoms with Crippen LogP contribution >= 0.6 is 0 Å². The Bertz CT molecular complexity index is 1090. The minimum Gasteiger partial charge on any atom is -0.363 e. The lowest BCUT2D eigenvalue weighted by Crippen LogP contribution is -2.39. The minimum atomic E-state index is -0.325. The molecule has 2 heterocycles. The first-order valence-electron chi connectivity index (χ1n) is 9.63. The van der Waals surface area contributed by atoms with E-state index in [1.54, 1.807) is 18.2 Å². The van der Waals surface area contributed by atoms with Crippen LogP contribution in [-0.4, -0.2) is 27.7 Å². The van der Waals surface area contributed by atoms with E-state index in [4.69, 9.17) is 0 Å².